The van der Waals surface area contributed by atoms with Crippen LogP contribution in [0.25, 0.3) is 0 Å². The number of aliphatic imine (C=N–C) groups is 3. The van der Waals surface area contributed by atoms with Gasteiger partial charge in [-0.25, -0.2) is 19.8 Å². The Balaban J connectivity index is 1.95. The van der Waals surface area contributed by atoms with Gasteiger partial charge in [0.15, 0.2) is 12.1 Å². The summed E-state index contributed by atoms with van der Waals surface area (Å²) in [6.45, 7) is -0.494. The van der Waals surface area contributed by atoms with Crippen molar-refractivity contribution in [2.45, 2.75) is 30.1 Å². The highest BCUT2D eigenvalue weighted by molar-refractivity contribution is 6.33. The van der Waals surface area contributed by atoms with Crippen molar-refractivity contribution in [3.63, 3.8) is 0 Å². The van der Waals surface area contributed by atoms with Crippen molar-refractivity contribution in [2.75, 3.05) is 20.4 Å². The summed E-state index contributed by atoms with van der Waals surface area (Å²) in [7, 11) is 1.18. The number of carbonyl (C=O) groups is 1. The molecule has 5 atom stereocenters. The summed E-state index contributed by atoms with van der Waals surface area (Å²) in [4.78, 5) is 25.6. The molecule has 1 unspecified atom stereocenters. The van der Waals surface area contributed by atoms with Gasteiger partial charge in [-0.1, -0.05) is 0 Å². The SMILES string of the molecule is COC(=O)C12N=CN([C@@H]3O[C@H](CO)[C@@H](O)[C@H]3O)C1=NCN=C2N. The van der Waals surface area contributed by atoms with Crippen molar-refractivity contribution in [3.05, 3.63) is 0 Å². The number of fused-ring (bicyclic) bond motifs is 1. The summed E-state index contributed by atoms with van der Waals surface area (Å²) in [6.07, 6.45) is -3.45. The lowest BCUT2D eigenvalue weighted by Crippen LogP contribution is -2.60. The van der Waals surface area contributed by atoms with Crippen LogP contribution in [0.15, 0.2) is 15.0 Å². The Hall–Kier alpha value is -2.08. The minimum absolute atomic E-state index is 0.0193. The van der Waals surface area contributed by atoms with Crippen molar-refractivity contribution in [3.8, 4) is 0 Å². The first-order valence-corrected chi connectivity index (χ1v) is 6.87. The number of hydrogen-bond acceptors (Lipinski definition) is 11. The maximum atomic E-state index is 12.2. The van der Waals surface area contributed by atoms with Crippen LogP contribution < -0.4 is 5.73 Å². The van der Waals surface area contributed by atoms with Crippen molar-refractivity contribution in [1.29, 1.82) is 0 Å². The Kier molecular flexibility index (Phi) is 3.80. The Morgan fingerprint density at radius 1 is 1.52 bits per heavy atom. The van der Waals surface area contributed by atoms with E-state index in [4.69, 9.17) is 15.2 Å². The summed E-state index contributed by atoms with van der Waals surface area (Å²) in [5.74, 6) is -0.769. The average Bonchev–Trinajstić information content (AvgIpc) is 3.08. The zero-order valence-electron chi connectivity index (χ0n) is 12.2. The molecule has 0 aromatic heterocycles. The van der Waals surface area contributed by atoms with E-state index in [1.165, 1.54) is 18.3 Å². The van der Waals surface area contributed by atoms with Crippen LogP contribution in [-0.2, 0) is 14.3 Å². The van der Waals surface area contributed by atoms with Crippen LogP contribution in [0.4, 0.5) is 0 Å². The van der Waals surface area contributed by atoms with Crippen LogP contribution in [0.5, 0.6) is 0 Å². The minimum Gasteiger partial charge on any atom is -0.467 e. The molecule has 3 aliphatic heterocycles. The van der Waals surface area contributed by atoms with Gasteiger partial charge < -0.3 is 30.5 Å². The van der Waals surface area contributed by atoms with E-state index in [0.29, 0.717) is 0 Å². The molecule has 3 rings (SSSR count). The molecule has 11 heteroatoms. The topological polar surface area (TPSA) is 163 Å². The number of ether oxygens (including phenoxy) is 2. The first-order chi connectivity index (χ1) is 11.0. The number of aliphatic hydroxyl groups excluding tert-OH is 3. The zero-order chi connectivity index (χ0) is 16.8. The second-order valence-electron chi connectivity index (χ2n) is 5.25. The monoisotopic (exact) mass is 327 g/mol. The fourth-order valence-electron chi connectivity index (χ4n) is 2.81. The normalized spacial score (nSPS) is 39.0. The van der Waals surface area contributed by atoms with Gasteiger partial charge in [0.1, 0.15) is 30.8 Å². The molecule has 1 fully saturated rings. The van der Waals surface area contributed by atoms with Gasteiger partial charge in [0.25, 0.3) is 5.54 Å². The molecule has 0 aromatic carbocycles. The summed E-state index contributed by atoms with van der Waals surface area (Å²) in [5.41, 5.74) is 4.12. The highest BCUT2D eigenvalue weighted by atomic mass is 16.6. The van der Waals surface area contributed by atoms with E-state index in [2.05, 4.69) is 15.0 Å². The van der Waals surface area contributed by atoms with E-state index in [9.17, 15) is 20.1 Å². The summed E-state index contributed by atoms with van der Waals surface area (Å²) < 4.78 is 10.2. The quantitative estimate of drug-likeness (QED) is 0.386. The molecule has 0 amide bonds. The van der Waals surface area contributed by atoms with Gasteiger partial charge in [-0.05, 0) is 0 Å². The predicted octanol–water partition coefficient (Wildman–Crippen LogP) is -3.59. The third-order valence-electron chi connectivity index (χ3n) is 4.05. The van der Waals surface area contributed by atoms with Crippen molar-refractivity contribution >= 4 is 24.0 Å². The van der Waals surface area contributed by atoms with E-state index in [-0.39, 0.29) is 18.3 Å². The van der Waals surface area contributed by atoms with Gasteiger partial charge in [0.2, 0.25) is 0 Å². The van der Waals surface area contributed by atoms with E-state index in [1.54, 1.807) is 0 Å². The number of nitrogens with zero attached hydrogens (tertiary/aromatic N) is 4. The third kappa shape index (κ3) is 2.05. The number of esters is 1. The van der Waals surface area contributed by atoms with Gasteiger partial charge in [0.05, 0.1) is 20.1 Å². The van der Waals surface area contributed by atoms with Gasteiger partial charge in [-0.15, -0.1) is 0 Å². The maximum absolute atomic E-state index is 12.2. The molecule has 11 nitrogen and oxygen atoms in total. The highest BCUT2D eigenvalue weighted by Gasteiger charge is 2.59. The van der Waals surface area contributed by atoms with Crippen LogP contribution >= 0.6 is 0 Å². The molecule has 0 aliphatic carbocycles. The van der Waals surface area contributed by atoms with E-state index >= 15 is 0 Å². The molecule has 3 heterocycles. The molecule has 0 bridgehead atoms. The Morgan fingerprint density at radius 3 is 2.87 bits per heavy atom. The van der Waals surface area contributed by atoms with Crippen molar-refractivity contribution in [2.24, 2.45) is 20.7 Å². The predicted molar refractivity (Wildman–Crippen MR) is 76.8 cm³/mol. The summed E-state index contributed by atoms with van der Waals surface area (Å²) >= 11 is 0. The van der Waals surface area contributed by atoms with Gasteiger partial charge >= 0.3 is 5.97 Å². The fourth-order valence-corrected chi connectivity index (χ4v) is 2.81. The smallest absolute Gasteiger partial charge is 0.349 e. The molecule has 5 N–H and O–H groups in total. The van der Waals surface area contributed by atoms with E-state index in [1.807, 2.05) is 0 Å². The van der Waals surface area contributed by atoms with Crippen molar-refractivity contribution in [1.82, 2.24) is 4.90 Å². The molecular formula is C12H17N5O6. The molecule has 126 valence electrons. The average molecular weight is 327 g/mol. The number of carbonyl (C=O) groups excluding carboxylic acids is 1. The Labute approximate surface area is 130 Å². The Bertz CT molecular complexity index is 607. The van der Waals surface area contributed by atoms with Crippen LogP contribution in [0.1, 0.15) is 0 Å². The van der Waals surface area contributed by atoms with Crippen molar-refractivity contribution < 1.29 is 29.6 Å². The molecule has 0 saturated carbocycles. The number of nitrogens with two attached hydrogens (primary N) is 1. The lowest BCUT2D eigenvalue weighted by Gasteiger charge is -2.32. The second kappa shape index (κ2) is 5.53. The minimum atomic E-state index is -1.72. The number of hydrogen-bond donors (Lipinski definition) is 4. The number of aliphatic hydroxyl groups is 3. The molecule has 3 aliphatic rings. The summed E-state index contributed by atoms with van der Waals surface area (Å²) in [5, 5.41) is 29.2. The molecule has 0 aromatic rings. The molecule has 23 heavy (non-hydrogen) atoms. The highest BCUT2D eigenvalue weighted by Crippen LogP contribution is 2.32. The largest absolute Gasteiger partial charge is 0.467 e. The number of rotatable bonds is 3. The van der Waals surface area contributed by atoms with Crippen LogP contribution in [0.2, 0.25) is 0 Å². The first-order valence-electron chi connectivity index (χ1n) is 6.87. The van der Waals surface area contributed by atoms with Gasteiger partial charge in [-0.2, -0.15) is 0 Å². The molecular weight excluding hydrogens is 310 g/mol. The van der Waals surface area contributed by atoms with E-state index in [0.717, 1.165) is 0 Å². The standard InChI is InChI=1S/C12H17N5O6/c1-22-11(21)12-9(13)14-3-15-10(12)17(4-16-12)8-7(20)6(19)5(2-18)23-8/h4-8,18-20H,2-3H2,1H3,(H2,13,14)/t5-,6-,7-,8-,12?/m1/s1. The van der Waals surface area contributed by atoms with Crippen LogP contribution in [0, 0.1) is 0 Å². The first kappa shape index (κ1) is 15.8. The lowest BCUT2D eigenvalue weighted by molar-refractivity contribution is -0.142. The summed E-state index contributed by atoms with van der Waals surface area (Å²) in [6, 6.07) is 0. The van der Waals surface area contributed by atoms with Gasteiger partial charge in [-0.3, -0.25) is 4.90 Å². The second-order valence-corrected chi connectivity index (χ2v) is 5.25. The molecule has 1 saturated heterocycles. The molecule has 0 radical (unpaired) electrons. The van der Waals surface area contributed by atoms with E-state index < -0.39 is 42.7 Å². The van der Waals surface area contributed by atoms with Crippen LogP contribution in [0.3, 0.4) is 0 Å². The Morgan fingerprint density at radius 2 is 2.26 bits per heavy atom. The van der Waals surface area contributed by atoms with Crippen LogP contribution in [-0.4, -0.2) is 94.7 Å². The van der Waals surface area contributed by atoms with Gasteiger partial charge in [0, 0.05) is 0 Å². The maximum Gasteiger partial charge on any atom is 0.349 e. The third-order valence-corrected chi connectivity index (χ3v) is 4.05. The zero-order valence-corrected chi connectivity index (χ0v) is 12.2. The lowest BCUT2D eigenvalue weighted by atomic mass is 9.96. The number of methoxy groups -OCH3 is 1. The molecule has 0 spiro atoms. The fraction of sp³-hybridized carbons (Fsp3) is 0.667. The number of amidine groups is 2.